The van der Waals surface area contributed by atoms with Gasteiger partial charge < -0.3 is 10.2 Å². The maximum atomic E-state index is 5.93. The number of nitrogens with zero attached hydrogens (tertiary/aromatic N) is 2. The molecule has 4 heteroatoms. The first-order valence-corrected chi connectivity index (χ1v) is 7.96. The van der Waals surface area contributed by atoms with Gasteiger partial charge >= 0.3 is 0 Å². The summed E-state index contributed by atoms with van der Waals surface area (Å²) in [4.78, 5) is 4.98. The smallest absolute Gasteiger partial charge is 0.0407 e. The lowest BCUT2D eigenvalue weighted by Gasteiger charge is -2.36. The van der Waals surface area contributed by atoms with E-state index in [1.807, 2.05) is 12.1 Å². The van der Waals surface area contributed by atoms with E-state index in [-0.39, 0.29) is 0 Å². The van der Waals surface area contributed by atoms with Crippen molar-refractivity contribution < 1.29 is 0 Å². The van der Waals surface area contributed by atoms with Gasteiger partial charge in [0.1, 0.15) is 0 Å². The maximum absolute atomic E-state index is 5.93. The van der Waals surface area contributed by atoms with E-state index in [0.717, 1.165) is 56.8 Å². The minimum Gasteiger partial charge on any atom is -0.369 e. The van der Waals surface area contributed by atoms with Gasteiger partial charge in [0.25, 0.3) is 0 Å². The molecule has 1 aromatic rings. The minimum absolute atomic E-state index is 0.733. The summed E-state index contributed by atoms with van der Waals surface area (Å²) in [6, 6.07) is 8.17. The Kier molecular flexibility index (Phi) is 6.14. The monoisotopic (exact) mass is 295 g/mol. The Labute approximate surface area is 127 Å². The lowest BCUT2D eigenvalue weighted by Crippen LogP contribution is -2.48. The van der Waals surface area contributed by atoms with Gasteiger partial charge in [-0.2, -0.15) is 0 Å². The molecule has 20 heavy (non-hydrogen) atoms. The molecule has 1 aromatic carbocycles. The maximum Gasteiger partial charge on any atom is 0.0407 e. The molecular weight excluding hydrogens is 270 g/mol. The fourth-order valence-corrected chi connectivity index (χ4v) is 2.64. The summed E-state index contributed by atoms with van der Waals surface area (Å²) in [6.07, 6.45) is 0. The van der Waals surface area contributed by atoms with Crippen LogP contribution in [-0.2, 0) is 0 Å². The standard InChI is InChI=1S/C16H26ClN3/c1-14(2)13-18-7-8-19-9-11-20(12-10-19)16-5-3-15(17)4-6-16/h3-6,14,18H,7-13H2,1-2H3. The van der Waals surface area contributed by atoms with E-state index in [1.165, 1.54) is 5.69 Å². The number of benzene rings is 1. The second-order valence-corrected chi connectivity index (χ2v) is 6.34. The van der Waals surface area contributed by atoms with E-state index in [2.05, 4.69) is 41.1 Å². The van der Waals surface area contributed by atoms with Crippen LogP contribution in [0.2, 0.25) is 5.02 Å². The van der Waals surface area contributed by atoms with Crippen LogP contribution in [-0.4, -0.2) is 50.7 Å². The highest BCUT2D eigenvalue weighted by Gasteiger charge is 2.16. The number of hydrogen-bond acceptors (Lipinski definition) is 3. The van der Waals surface area contributed by atoms with Crippen molar-refractivity contribution in [3.8, 4) is 0 Å². The largest absolute Gasteiger partial charge is 0.369 e. The van der Waals surface area contributed by atoms with Crippen LogP contribution >= 0.6 is 11.6 Å². The van der Waals surface area contributed by atoms with Gasteiger partial charge in [-0.3, -0.25) is 4.90 Å². The average Bonchev–Trinajstić information content (AvgIpc) is 2.45. The highest BCUT2D eigenvalue weighted by molar-refractivity contribution is 6.30. The molecule has 0 amide bonds. The average molecular weight is 296 g/mol. The molecule has 1 aliphatic heterocycles. The van der Waals surface area contributed by atoms with Crippen molar-refractivity contribution in [1.82, 2.24) is 10.2 Å². The number of halogens is 1. The summed E-state index contributed by atoms with van der Waals surface area (Å²) in [5.41, 5.74) is 1.28. The van der Waals surface area contributed by atoms with Crippen LogP contribution in [0.15, 0.2) is 24.3 Å². The van der Waals surface area contributed by atoms with Crippen molar-refractivity contribution in [2.24, 2.45) is 5.92 Å². The number of piperazine rings is 1. The van der Waals surface area contributed by atoms with Gasteiger partial charge in [0.05, 0.1) is 0 Å². The molecule has 0 aliphatic carbocycles. The minimum atomic E-state index is 0.733. The Morgan fingerprint density at radius 2 is 1.75 bits per heavy atom. The van der Waals surface area contributed by atoms with Crippen LogP contribution in [0.3, 0.4) is 0 Å². The number of hydrogen-bond donors (Lipinski definition) is 1. The van der Waals surface area contributed by atoms with Crippen molar-refractivity contribution in [3.63, 3.8) is 0 Å². The first-order chi connectivity index (χ1) is 9.65. The third-order valence-electron chi connectivity index (χ3n) is 3.72. The van der Waals surface area contributed by atoms with Crippen molar-refractivity contribution >= 4 is 17.3 Å². The first-order valence-electron chi connectivity index (χ1n) is 7.59. The van der Waals surface area contributed by atoms with E-state index < -0.39 is 0 Å². The van der Waals surface area contributed by atoms with Crippen molar-refractivity contribution in [1.29, 1.82) is 0 Å². The molecule has 1 saturated heterocycles. The van der Waals surface area contributed by atoms with Gasteiger partial charge in [0, 0.05) is 50.0 Å². The molecule has 1 N–H and O–H groups in total. The van der Waals surface area contributed by atoms with Gasteiger partial charge in [-0.05, 0) is 36.7 Å². The highest BCUT2D eigenvalue weighted by atomic mass is 35.5. The second kappa shape index (κ2) is 7.87. The first kappa shape index (κ1) is 15.6. The van der Waals surface area contributed by atoms with E-state index in [0.29, 0.717) is 0 Å². The van der Waals surface area contributed by atoms with Crippen LogP contribution in [0.25, 0.3) is 0 Å². The zero-order chi connectivity index (χ0) is 14.4. The van der Waals surface area contributed by atoms with E-state index in [1.54, 1.807) is 0 Å². The lowest BCUT2D eigenvalue weighted by atomic mass is 10.2. The zero-order valence-corrected chi connectivity index (χ0v) is 13.4. The zero-order valence-electron chi connectivity index (χ0n) is 12.6. The quantitative estimate of drug-likeness (QED) is 0.814. The van der Waals surface area contributed by atoms with Crippen LogP contribution < -0.4 is 10.2 Å². The summed E-state index contributed by atoms with van der Waals surface area (Å²) in [7, 11) is 0. The Morgan fingerprint density at radius 3 is 2.35 bits per heavy atom. The van der Waals surface area contributed by atoms with E-state index in [9.17, 15) is 0 Å². The molecule has 0 saturated carbocycles. The molecule has 0 bridgehead atoms. The normalized spacial score (nSPS) is 16.9. The predicted octanol–water partition coefficient (Wildman–Crippen LogP) is 2.71. The molecule has 3 nitrogen and oxygen atoms in total. The van der Waals surface area contributed by atoms with Gasteiger partial charge in [0.15, 0.2) is 0 Å². The molecule has 0 radical (unpaired) electrons. The molecule has 0 atom stereocenters. The fourth-order valence-electron chi connectivity index (χ4n) is 2.51. The van der Waals surface area contributed by atoms with Crippen LogP contribution in [0.5, 0.6) is 0 Å². The fraction of sp³-hybridized carbons (Fsp3) is 0.625. The third kappa shape index (κ3) is 4.97. The Morgan fingerprint density at radius 1 is 1.10 bits per heavy atom. The number of nitrogens with one attached hydrogen (secondary N) is 1. The summed E-state index contributed by atoms with van der Waals surface area (Å²) >= 11 is 5.93. The van der Waals surface area contributed by atoms with Crippen molar-refractivity contribution in [2.45, 2.75) is 13.8 Å². The second-order valence-electron chi connectivity index (χ2n) is 5.90. The van der Waals surface area contributed by atoms with Crippen molar-refractivity contribution in [2.75, 3.05) is 50.7 Å². The SMILES string of the molecule is CC(C)CNCCN1CCN(c2ccc(Cl)cc2)CC1. The van der Waals surface area contributed by atoms with E-state index >= 15 is 0 Å². The van der Waals surface area contributed by atoms with Gasteiger partial charge in [-0.15, -0.1) is 0 Å². The van der Waals surface area contributed by atoms with Crippen LogP contribution in [0.1, 0.15) is 13.8 Å². The Hall–Kier alpha value is -0.770. The molecule has 2 rings (SSSR count). The topological polar surface area (TPSA) is 18.5 Å². The van der Waals surface area contributed by atoms with Gasteiger partial charge in [-0.1, -0.05) is 25.4 Å². The highest BCUT2D eigenvalue weighted by Crippen LogP contribution is 2.19. The Balaban J connectivity index is 1.68. The molecule has 0 spiro atoms. The summed E-state index contributed by atoms with van der Waals surface area (Å²) < 4.78 is 0. The molecular formula is C16H26ClN3. The van der Waals surface area contributed by atoms with Gasteiger partial charge in [-0.25, -0.2) is 0 Å². The molecule has 0 aromatic heterocycles. The molecule has 1 heterocycles. The predicted molar refractivity (Wildman–Crippen MR) is 87.8 cm³/mol. The summed E-state index contributed by atoms with van der Waals surface area (Å²) in [5, 5.41) is 4.32. The lowest BCUT2D eigenvalue weighted by molar-refractivity contribution is 0.256. The Bertz CT molecular complexity index is 383. The molecule has 112 valence electrons. The number of rotatable bonds is 6. The van der Waals surface area contributed by atoms with Crippen LogP contribution in [0.4, 0.5) is 5.69 Å². The summed E-state index contributed by atoms with van der Waals surface area (Å²) in [5.74, 6) is 0.733. The third-order valence-corrected chi connectivity index (χ3v) is 3.97. The molecule has 1 aliphatic rings. The van der Waals surface area contributed by atoms with Gasteiger partial charge in [0.2, 0.25) is 0 Å². The summed E-state index contributed by atoms with van der Waals surface area (Å²) in [6.45, 7) is 12.4. The van der Waals surface area contributed by atoms with Crippen molar-refractivity contribution in [3.05, 3.63) is 29.3 Å². The molecule has 0 unspecified atom stereocenters. The van der Waals surface area contributed by atoms with Crippen LogP contribution in [0, 0.1) is 5.92 Å². The molecule has 1 fully saturated rings. The number of anilines is 1. The van der Waals surface area contributed by atoms with E-state index in [4.69, 9.17) is 11.6 Å².